The van der Waals surface area contributed by atoms with Crippen molar-refractivity contribution in [2.24, 2.45) is 5.92 Å². The first-order chi connectivity index (χ1) is 13.0. The molecule has 140 valence electrons. The quantitative estimate of drug-likeness (QED) is 0.849. The number of nitrogens with zero attached hydrogens (tertiary/aromatic N) is 1. The third-order valence-electron chi connectivity index (χ3n) is 4.58. The Balaban J connectivity index is 1.75. The smallest absolute Gasteiger partial charge is 0.258 e. The van der Waals surface area contributed by atoms with E-state index in [1.807, 2.05) is 26.0 Å². The molecule has 6 nitrogen and oxygen atoms in total. The molecule has 0 spiro atoms. The molecule has 1 atom stereocenters. The van der Waals surface area contributed by atoms with Crippen LogP contribution >= 0.6 is 0 Å². The highest BCUT2D eigenvalue weighted by molar-refractivity contribution is 6.15. The van der Waals surface area contributed by atoms with Gasteiger partial charge in [0.15, 0.2) is 0 Å². The largest absolute Gasteiger partial charge is 0.326 e. The molecule has 1 aliphatic rings. The Hall–Kier alpha value is -3.15. The molecule has 1 heterocycles. The second-order valence-corrected chi connectivity index (χ2v) is 6.71. The van der Waals surface area contributed by atoms with Crippen LogP contribution in [0, 0.1) is 5.92 Å². The van der Waals surface area contributed by atoms with Crippen LogP contribution in [-0.4, -0.2) is 24.3 Å². The van der Waals surface area contributed by atoms with Gasteiger partial charge in [0, 0.05) is 17.2 Å². The predicted molar refractivity (Wildman–Crippen MR) is 106 cm³/mol. The molecule has 2 aromatic carbocycles. The molecule has 27 heavy (non-hydrogen) atoms. The van der Waals surface area contributed by atoms with Crippen molar-refractivity contribution in [3.05, 3.63) is 54.1 Å². The number of carbonyl (C=O) groups excluding carboxylic acids is 3. The van der Waals surface area contributed by atoms with Crippen molar-refractivity contribution in [2.75, 3.05) is 22.1 Å². The van der Waals surface area contributed by atoms with Gasteiger partial charge in [-0.1, -0.05) is 32.4 Å². The van der Waals surface area contributed by atoms with Crippen LogP contribution in [0.4, 0.5) is 17.1 Å². The molecule has 0 aromatic heterocycles. The van der Waals surface area contributed by atoms with Gasteiger partial charge in [-0.3, -0.25) is 19.3 Å². The minimum absolute atomic E-state index is 0.0249. The van der Waals surface area contributed by atoms with E-state index >= 15 is 0 Å². The first kappa shape index (κ1) is 18.6. The molecule has 0 saturated heterocycles. The summed E-state index contributed by atoms with van der Waals surface area (Å²) in [5.74, 6) is -0.567. The first-order valence-corrected chi connectivity index (χ1v) is 9.11. The lowest BCUT2D eigenvalue weighted by Crippen LogP contribution is -2.42. The molecule has 2 aromatic rings. The fourth-order valence-electron chi connectivity index (χ4n) is 3.10. The number of fused-ring (bicyclic) bond motifs is 1. The molecule has 0 saturated carbocycles. The SMILES string of the molecule is CCC[C@H](C)C(=O)Nc1ccc(C(=O)N2CC(=O)Nc3ccccc32)cc1. The van der Waals surface area contributed by atoms with Crippen LogP contribution in [0.25, 0.3) is 0 Å². The summed E-state index contributed by atoms with van der Waals surface area (Å²) in [6, 6.07) is 13.9. The summed E-state index contributed by atoms with van der Waals surface area (Å²) in [4.78, 5) is 38.4. The van der Waals surface area contributed by atoms with Crippen molar-refractivity contribution in [1.82, 2.24) is 0 Å². The third kappa shape index (κ3) is 4.16. The highest BCUT2D eigenvalue weighted by Crippen LogP contribution is 2.30. The van der Waals surface area contributed by atoms with Gasteiger partial charge in [0.25, 0.3) is 5.91 Å². The molecule has 2 N–H and O–H groups in total. The summed E-state index contributed by atoms with van der Waals surface area (Å²) >= 11 is 0. The standard InChI is InChI=1S/C21H23N3O3/c1-3-6-14(2)20(26)22-16-11-9-15(10-12-16)21(27)24-13-19(25)23-17-7-4-5-8-18(17)24/h4-5,7-12,14H,3,6,13H2,1-2H3,(H,22,26)(H,23,25)/t14-/m0/s1. The van der Waals surface area contributed by atoms with E-state index < -0.39 is 0 Å². The molecule has 6 heteroatoms. The minimum atomic E-state index is -0.255. The molecule has 3 amide bonds. The second kappa shape index (κ2) is 8.03. The van der Waals surface area contributed by atoms with Crippen LogP contribution in [0.5, 0.6) is 0 Å². The summed E-state index contributed by atoms with van der Waals surface area (Å²) in [6.45, 7) is 3.92. The van der Waals surface area contributed by atoms with E-state index in [0.717, 1.165) is 12.8 Å². The lowest BCUT2D eigenvalue weighted by Gasteiger charge is -2.29. The topological polar surface area (TPSA) is 78.5 Å². The van der Waals surface area contributed by atoms with Gasteiger partial charge in [-0.2, -0.15) is 0 Å². The molecule has 3 rings (SSSR count). The van der Waals surface area contributed by atoms with Crippen LogP contribution in [0.2, 0.25) is 0 Å². The zero-order valence-electron chi connectivity index (χ0n) is 15.5. The van der Waals surface area contributed by atoms with Crippen molar-refractivity contribution >= 4 is 34.8 Å². The molecule has 0 unspecified atom stereocenters. The van der Waals surface area contributed by atoms with Crippen LogP contribution in [-0.2, 0) is 9.59 Å². The summed E-state index contributed by atoms with van der Waals surface area (Å²) in [5, 5.41) is 5.63. The zero-order chi connectivity index (χ0) is 19.4. The van der Waals surface area contributed by atoms with Crippen LogP contribution < -0.4 is 15.5 Å². The zero-order valence-corrected chi connectivity index (χ0v) is 15.5. The van der Waals surface area contributed by atoms with Crippen molar-refractivity contribution in [1.29, 1.82) is 0 Å². The first-order valence-electron chi connectivity index (χ1n) is 9.11. The van der Waals surface area contributed by atoms with E-state index in [9.17, 15) is 14.4 Å². The van der Waals surface area contributed by atoms with Gasteiger partial charge in [0.2, 0.25) is 11.8 Å². The van der Waals surface area contributed by atoms with E-state index in [1.54, 1.807) is 36.4 Å². The Morgan fingerprint density at radius 2 is 1.85 bits per heavy atom. The maximum absolute atomic E-state index is 12.9. The Morgan fingerprint density at radius 1 is 1.15 bits per heavy atom. The number of anilines is 3. The fraction of sp³-hybridized carbons (Fsp3) is 0.286. The Labute approximate surface area is 158 Å². The number of para-hydroxylation sites is 2. The monoisotopic (exact) mass is 365 g/mol. The molecular formula is C21H23N3O3. The van der Waals surface area contributed by atoms with Gasteiger partial charge in [-0.05, 0) is 42.8 Å². The lowest BCUT2D eigenvalue weighted by atomic mass is 10.1. The second-order valence-electron chi connectivity index (χ2n) is 6.71. The van der Waals surface area contributed by atoms with Gasteiger partial charge < -0.3 is 10.6 Å². The third-order valence-corrected chi connectivity index (χ3v) is 4.58. The summed E-state index contributed by atoms with van der Waals surface area (Å²) in [5.41, 5.74) is 2.40. The van der Waals surface area contributed by atoms with Gasteiger partial charge in [-0.15, -0.1) is 0 Å². The van der Waals surface area contributed by atoms with Crippen molar-refractivity contribution in [2.45, 2.75) is 26.7 Å². The molecule has 0 aliphatic carbocycles. The van der Waals surface area contributed by atoms with Crippen molar-refractivity contribution < 1.29 is 14.4 Å². The van der Waals surface area contributed by atoms with E-state index in [1.165, 1.54) is 4.90 Å². The maximum atomic E-state index is 12.9. The maximum Gasteiger partial charge on any atom is 0.258 e. The average molecular weight is 365 g/mol. The van der Waals surface area contributed by atoms with E-state index in [0.29, 0.717) is 22.6 Å². The number of hydrogen-bond acceptors (Lipinski definition) is 3. The minimum Gasteiger partial charge on any atom is -0.326 e. The Bertz CT molecular complexity index is 861. The number of carbonyl (C=O) groups is 3. The summed E-state index contributed by atoms with van der Waals surface area (Å²) < 4.78 is 0. The number of hydrogen-bond donors (Lipinski definition) is 2. The normalized spacial score (nSPS) is 14.1. The molecule has 0 radical (unpaired) electrons. The van der Waals surface area contributed by atoms with Gasteiger partial charge in [0.05, 0.1) is 11.4 Å². The number of rotatable bonds is 5. The van der Waals surface area contributed by atoms with Crippen LogP contribution in [0.1, 0.15) is 37.0 Å². The summed E-state index contributed by atoms with van der Waals surface area (Å²) in [7, 11) is 0. The highest BCUT2D eigenvalue weighted by atomic mass is 16.2. The van der Waals surface area contributed by atoms with E-state index in [-0.39, 0.29) is 30.2 Å². The lowest BCUT2D eigenvalue weighted by molar-refractivity contribution is -0.119. The van der Waals surface area contributed by atoms with Crippen molar-refractivity contribution in [3.8, 4) is 0 Å². The number of nitrogens with one attached hydrogen (secondary N) is 2. The molecular weight excluding hydrogens is 342 g/mol. The van der Waals surface area contributed by atoms with Crippen LogP contribution in [0.3, 0.4) is 0 Å². The Morgan fingerprint density at radius 3 is 2.56 bits per heavy atom. The predicted octanol–water partition coefficient (Wildman–Crippen LogP) is 3.66. The molecule has 0 bridgehead atoms. The van der Waals surface area contributed by atoms with Gasteiger partial charge in [-0.25, -0.2) is 0 Å². The van der Waals surface area contributed by atoms with Gasteiger partial charge in [0.1, 0.15) is 6.54 Å². The molecule has 1 aliphatic heterocycles. The Kier molecular flexibility index (Phi) is 5.54. The summed E-state index contributed by atoms with van der Waals surface area (Å²) in [6.07, 6.45) is 1.78. The van der Waals surface area contributed by atoms with Crippen LogP contribution in [0.15, 0.2) is 48.5 Å². The van der Waals surface area contributed by atoms with E-state index in [2.05, 4.69) is 10.6 Å². The highest BCUT2D eigenvalue weighted by Gasteiger charge is 2.27. The average Bonchev–Trinajstić information content (AvgIpc) is 2.67. The molecule has 0 fully saturated rings. The fourth-order valence-corrected chi connectivity index (χ4v) is 3.10. The van der Waals surface area contributed by atoms with Gasteiger partial charge >= 0.3 is 0 Å². The van der Waals surface area contributed by atoms with E-state index in [4.69, 9.17) is 0 Å². The van der Waals surface area contributed by atoms with Crippen molar-refractivity contribution in [3.63, 3.8) is 0 Å². The number of amides is 3. The number of benzene rings is 2.